The number of benzene rings is 1. The summed E-state index contributed by atoms with van der Waals surface area (Å²) in [6, 6.07) is 5.60. The van der Waals surface area contributed by atoms with Crippen molar-refractivity contribution in [3.63, 3.8) is 0 Å². The zero-order chi connectivity index (χ0) is 18.5. The van der Waals surface area contributed by atoms with Gasteiger partial charge in [-0.25, -0.2) is 0 Å². The van der Waals surface area contributed by atoms with Crippen molar-refractivity contribution in [2.24, 2.45) is 5.92 Å². The van der Waals surface area contributed by atoms with E-state index in [0.29, 0.717) is 45.7 Å². The number of fused-ring (bicyclic) bond motifs is 1. The fourth-order valence-corrected chi connectivity index (χ4v) is 3.42. The van der Waals surface area contributed by atoms with E-state index in [1.807, 2.05) is 25.1 Å². The van der Waals surface area contributed by atoms with Crippen molar-refractivity contribution in [3.05, 3.63) is 23.8 Å². The smallest absolute Gasteiger partial charge is 0.306 e. The van der Waals surface area contributed by atoms with Crippen LogP contribution in [0, 0.1) is 5.92 Å². The van der Waals surface area contributed by atoms with Crippen molar-refractivity contribution in [1.82, 2.24) is 10.2 Å². The summed E-state index contributed by atoms with van der Waals surface area (Å²) in [5, 5.41) is 12.0. The molecule has 2 aliphatic rings. The number of carboxylic acid groups (broad SMARTS) is 1. The summed E-state index contributed by atoms with van der Waals surface area (Å²) in [5.41, 5.74) is 1.09. The lowest BCUT2D eigenvalue weighted by Gasteiger charge is -2.33. The van der Waals surface area contributed by atoms with E-state index in [9.17, 15) is 9.59 Å². The quantitative estimate of drug-likeness (QED) is 0.793. The Bertz CT molecular complexity index is 655. The van der Waals surface area contributed by atoms with Gasteiger partial charge < -0.3 is 19.9 Å². The van der Waals surface area contributed by atoms with Gasteiger partial charge in [-0.3, -0.25) is 14.5 Å². The average molecular weight is 362 g/mol. The first-order valence-corrected chi connectivity index (χ1v) is 9.17. The molecule has 7 heteroatoms. The maximum absolute atomic E-state index is 12.4. The van der Waals surface area contributed by atoms with E-state index in [2.05, 4.69) is 10.2 Å². The number of hydrogen-bond donors (Lipinski definition) is 2. The number of aliphatic carboxylic acids is 1. The lowest BCUT2D eigenvalue weighted by atomic mass is 9.96. The number of ether oxygens (including phenoxy) is 2. The molecular formula is C19H26N2O5. The Kier molecular flexibility index (Phi) is 5.98. The van der Waals surface area contributed by atoms with Crippen LogP contribution in [0.15, 0.2) is 18.2 Å². The largest absolute Gasteiger partial charge is 0.486 e. The van der Waals surface area contributed by atoms with Gasteiger partial charge in [0.15, 0.2) is 11.5 Å². The fourth-order valence-electron chi connectivity index (χ4n) is 3.42. The van der Waals surface area contributed by atoms with Crippen LogP contribution >= 0.6 is 0 Å². The van der Waals surface area contributed by atoms with Crippen LogP contribution in [0.5, 0.6) is 11.5 Å². The van der Waals surface area contributed by atoms with Crippen LogP contribution in [0.1, 0.15) is 25.3 Å². The third-order valence-corrected chi connectivity index (χ3v) is 5.13. The number of rotatable bonds is 6. The molecule has 0 aliphatic carbocycles. The molecule has 1 saturated heterocycles. The monoisotopic (exact) mass is 362 g/mol. The van der Waals surface area contributed by atoms with E-state index in [1.165, 1.54) is 0 Å². The van der Waals surface area contributed by atoms with Crippen molar-refractivity contribution in [1.29, 1.82) is 0 Å². The number of nitrogens with zero attached hydrogens (tertiary/aromatic N) is 1. The van der Waals surface area contributed by atoms with Crippen LogP contribution in [0.2, 0.25) is 0 Å². The Morgan fingerprint density at radius 3 is 2.62 bits per heavy atom. The molecule has 142 valence electrons. The zero-order valence-electron chi connectivity index (χ0n) is 15.1. The summed E-state index contributed by atoms with van der Waals surface area (Å²) in [6.07, 6.45) is 1.92. The zero-order valence-corrected chi connectivity index (χ0v) is 15.1. The molecule has 0 saturated carbocycles. The van der Waals surface area contributed by atoms with Gasteiger partial charge in [0.05, 0.1) is 12.0 Å². The Morgan fingerprint density at radius 1 is 1.23 bits per heavy atom. The van der Waals surface area contributed by atoms with Crippen LogP contribution in [0.4, 0.5) is 0 Å². The first-order valence-electron chi connectivity index (χ1n) is 9.17. The molecule has 0 aromatic heterocycles. The van der Waals surface area contributed by atoms with Crippen molar-refractivity contribution in [3.8, 4) is 11.5 Å². The summed E-state index contributed by atoms with van der Waals surface area (Å²) >= 11 is 0. The summed E-state index contributed by atoms with van der Waals surface area (Å²) in [6.45, 7) is 4.85. The molecule has 2 aliphatic heterocycles. The number of likely N-dealkylation sites (tertiary alicyclic amines) is 1. The summed E-state index contributed by atoms with van der Waals surface area (Å²) < 4.78 is 11.1. The first kappa shape index (κ1) is 18.5. The number of carbonyl (C=O) groups excluding carboxylic acids is 1. The molecule has 2 heterocycles. The van der Waals surface area contributed by atoms with Gasteiger partial charge in [-0.1, -0.05) is 6.07 Å². The lowest BCUT2D eigenvalue weighted by Crippen LogP contribution is -2.49. The van der Waals surface area contributed by atoms with Gasteiger partial charge in [0.1, 0.15) is 13.2 Å². The summed E-state index contributed by atoms with van der Waals surface area (Å²) in [5.74, 6) is 0.492. The van der Waals surface area contributed by atoms with Crippen molar-refractivity contribution in [2.75, 3.05) is 32.8 Å². The topological polar surface area (TPSA) is 88.1 Å². The van der Waals surface area contributed by atoms with E-state index >= 15 is 0 Å². The number of piperidine rings is 1. The minimum atomic E-state index is -0.735. The lowest BCUT2D eigenvalue weighted by molar-refractivity contribution is -0.143. The second kappa shape index (κ2) is 8.40. The van der Waals surface area contributed by atoms with Gasteiger partial charge >= 0.3 is 5.97 Å². The van der Waals surface area contributed by atoms with Crippen LogP contribution < -0.4 is 14.8 Å². The molecule has 1 amide bonds. The molecule has 1 unspecified atom stereocenters. The van der Waals surface area contributed by atoms with Crippen LogP contribution in [0.3, 0.4) is 0 Å². The fraction of sp³-hybridized carbons (Fsp3) is 0.579. The molecule has 1 aromatic rings. The number of carbonyl (C=O) groups is 2. The Hall–Kier alpha value is -2.28. The number of nitrogens with one attached hydrogen (secondary N) is 1. The van der Waals surface area contributed by atoms with E-state index < -0.39 is 5.97 Å². The Morgan fingerprint density at radius 2 is 1.92 bits per heavy atom. The average Bonchev–Trinajstić information content (AvgIpc) is 2.67. The highest BCUT2D eigenvalue weighted by Crippen LogP contribution is 2.30. The molecule has 1 aromatic carbocycles. The highest BCUT2D eigenvalue weighted by atomic mass is 16.6. The Balaban J connectivity index is 1.43. The third kappa shape index (κ3) is 4.46. The van der Waals surface area contributed by atoms with Crippen LogP contribution in [-0.4, -0.2) is 60.8 Å². The van der Waals surface area contributed by atoms with Crippen molar-refractivity contribution >= 4 is 11.9 Å². The van der Waals surface area contributed by atoms with E-state index in [4.69, 9.17) is 14.6 Å². The van der Waals surface area contributed by atoms with Crippen molar-refractivity contribution in [2.45, 2.75) is 32.2 Å². The maximum Gasteiger partial charge on any atom is 0.306 e. The molecule has 2 N–H and O–H groups in total. The minimum absolute atomic E-state index is 0.0173. The van der Waals surface area contributed by atoms with E-state index in [0.717, 1.165) is 23.5 Å². The van der Waals surface area contributed by atoms with Gasteiger partial charge in [0.2, 0.25) is 5.91 Å². The third-order valence-electron chi connectivity index (χ3n) is 5.13. The van der Waals surface area contributed by atoms with E-state index in [1.54, 1.807) is 0 Å². The molecular weight excluding hydrogens is 336 g/mol. The highest BCUT2D eigenvalue weighted by molar-refractivity contribution is 5.81. The molecule has 0 bridgehead atoms. The highest BCUT2D eigenvalue weighted by Gasteiger charge is 2.29. The SMILES string of the molecule is CC(C(=O)NCCc1ccc2c(c1)OCCO2)N1CCC(C(=O)O)CC1. The van der Waals surface area contributed by atoms with E-state index in [-0.39, 0.29) is 17.9 Å². The van der Waals surface area contributed by atoms with Gasteiger partial charge in [-0.2, -0.15) is 0 Å². The molecule has 26 heavy (non-hydrogen) atoms. The normalized spacial score (nSPS) is 19.0. The van der Waals surface area contributed by atoms with Gasteiger partial charge in [0.25, 0.3) is 0 Å². The summed E-state index contributed by atoms with van der Waals surface area (Å²) in [7, 11) is 0. The van der Waals surface area contributed by atoms with Gasteiger partial charge in [0, 0.05) is 6.54 Å². The first-order chi connectivity index (χ1) is 12.5. The van der Waals surface area contributed by atoms with Crippen LogP contribution in [0.25, 0.3) is 0 Å². The molecule has 1 atom stereocenters. The second-order valence-corrected chi connectivity index (χ2v) is 6.84. The number of amides is 1. The van der Waals surface area contributed by atoms with Gasteiger partial charge in [-0.05, 0) is 57.0 Å². The summed E-state index contributed by atoms with van der Waals surface area (Å²) in [4.78, 5) is 25.4. The predicted octanol–water partition coefficient (Wildman–Crippen LogP) is 1.30. The minimum Gasteiger partial charge on any atom is -0.486 e. The predicted molar refractivity (Wildman–Crippen MR) is 95.5 cm³/mol. The molecule has 7 nitrogen and oxygen atoms in total. The molecule has 1 fully saturated rings. The Labute approximate surface area is 153 Å². The van der Waals surface area contributed by atoms with Gasteiger partial charge in [-0.15, -0.1) is 0 Å². The molecule has 0 spiro atoms. The van der Waals surface area contributed by atoms with Crippen molar-refractivity contribution < 1.29 is 24.2 Å². The van der Waals surface area contributed by atoms with Crippen LogP contribution in [-0.2, 0) is 16.0 Å². The second-order valence-electron chi connectivity index (χ2n) is 6.84. The standard InChI is InChI=1S/C19H26N2O5/c1-13(21-8-5-15(6-9-21)19(23)24)18(22)20-7-4-14-2-3-16-17(12-14)26-11-10-25-16/h2-3,12-13,15H,4-11H2,1H3,(H,20,22)(H,23,24). The number of carboxylic acids is 1. The molecule has 3 rings (SSSR count). The maximum atomic E-state index is 12.4. The number of hydrogen-bond acceptors (Lipinski definition) is 5. The molecule has 0 radical (unpaired) electrons.